The largest absolute Gasteiger partial charge is 0.329 e. The minimum atomic E-state index is 0.0435. The molecule has 1 saturated heterocycles. The van der Waals surface area contributed by atoms with Gasteiger partial charge in [0.05, 0.1) is 6.04 Å². The molecule has 3 nitrogen and oxygen atoms in total. The monoisotopic (exact) mass is 264 g/mol. The van der Waals surface area contributed by atoms with Gasteiger partial charge in [-0.1, -0.05) is 19.1 Å². The van der Waals surface area contributed by atoms with Crippen LogP contribution in [0.2, 0.25) is 0 Å². The number of urea groups is 1. The molecule has 0 aromatic heterocycles. The molecule has 2 rings (SSSR count). The van der Waals surface area contributed by atoms with E-state index in [-0.39, 0.29) is 18.1 Å². The highest BCUT2D eigenvalue weighted by atomic mass is 32.2. The van der Waals surface area contributed by atoms with E-state index in [2.05, 4.69) is 36.5 Å². The molecular formula is C14H20N2OS. The Balaban J connectivity index is 2.07. The molecule has 2 amide bonds. The quantitative estimate of drug-likeness (QED) is 0.846. The summed E-state index contributed by atoms with van der Waals surface area (Å²) in [6, 6.07) is 8.92. The lowest BCUT2D eigenvalue weighted by molar-refractivity contribution is 0.206. The first kappa shape index (κ1) is 13.3. The zero-order chi connectivity index (χ0) is 13.1. The Hall–Kier alpha value is -1.16. The van der Waals surface area contributed by atoms with Crippen LogP contribution in [0, 0.1) is 0 Å². The maximum atomic E-state index is 11.8. The number of amides is 2. The first-order chi connectivity index (χ1) is 8.61. The van der Waals surface area contributed by atoms with Crippen LogP contribution < -0.4 is 5.32 Å². The highest BCUT2D eigenvalue weighted by Gasteiger charge is 2.30. The van der Waals surface area contributed by atoms with Gasteiger partial charge in [0.15, 0.2) is 0 Å². The SMILES string of the molecule is CCSc1ccc(C2CN(C(C)C)C(=O)N2)cc1. The Morgan fingerprint density at radius 3 is 2.56 bits per heavy atom. The van der Waals surface area contributed by atoms with Crippen molar-refractivity contribution in [3.8, 4) is 0 Å². The van der Waals surface area contributed by atoms with Crippen molar-refractivity contribution in [1.29, 1.82) is 0 Å². The first-order valence-electron chi connectivity index (χ1n) is 6.41. The molecule has 1 heterocycles. The smallest absolute Gasteiger partial charge is 0.318 e. The van der Waals surface area contributed by atoms with Crippen LogP contribution in [0.1, 0.15) is 32.4 Å². The van der Waals surface area contributed by atoms with E-state index < -0.39 is 0 Å². The second-order valence-corrected chi connectivity index (χ2v) is 6.09. The fourth-order valence-electron chi connectivity index (χ4n) is 2.15. The Labute approximate surface area is 113 Å². The van der Waals surface area contributed by atoms with Crippen LogP contribution in [0.4, 0.5) is 4.79 Å². The molecule has 0 radical (unpaired) electrons. The lowest BCUT2D eigenvalue weighted by Crippen LogP contribution is -2.33. The van der Waals surface area contributed by atoms with Crippen molar-refractivity contribution in [2.24, 2.45) is 0 Å². The third-order valence-corrected chi connectivity index (χ3v) is 4.05. The fraction of sp³-hybridized carbons (Fsp3) is 0.500. The summed E-state index contributed by atoms with van der Waals surface area (Å²) in [5.74, 6) is 1.08. The second kappa shape index (κ2) is 5.65. The van der Waals surface area contributed by atoms with Gasteiger partial charge in [0, 0.05) is 17.5 Å². The number of benzene rings is 1. The van der Waals surface area contributed by atoms with Gasteiger partial charge in [-0.25, -0.2) is 4.79 Å². The van der Waals surface area contributed by atoms with Crippen molar-refractivity contribution in [3.63, 3.8) is 0 Å². The highest BCUT2D eigenvalue weighted by molar-refractivity contribution is 7.99. The second-order valence-electron chi connectivity index (χ2n) is 4.75. The van der Waals surface area contributed by atoms with Crippen molar-refractivity contribution in [1.82, 2.24) is 10.2 Å². The predicted molar refractivity (Wildman–Crippen MR) is 76.0 cm³/mol. The molecule has 0 saturated carbocycles. The fourth-order valence-corrected chi connectivity index (χ4v) is 2.82. The first-order valence-corrected chi connectivity index (χ1v) is 7.40. The van der Waals surface area contributed by atoms with Crippen molar-refractivity contribution in [2.45, 2.75) is 37.8 Å². The summed E-state index contributed by atoms with van der Waals surface area (Å²) in [6.45, 7) is 7.00. The summed E-state index contributed by atoms with van der Waals surface area (Å²) in [4.78, 5) is 14.9. The lowest BCUT2D eigenvalue weighted by Gasteiger charge is -2.18. The zero-order valence-corrected chi connectivity index (χ0v) is 12.0. The third kappa shape index (κ3) is 2.80. The van der Waals surface area contributed by atoms with Gasteiger partial charge in [-0.15, -0.1) is 11.8 Å². The molecule has 18 heavy (non-hydrogen) atoms. The molecule has 0 bridgehead atoms. The Kier molecular flexibility index (Phi) is 4.17. The molecule has 1 aliphatic rings. The van der Waals surface area contributed by atoms with E-state index in [1.54, 1.807) is 0 Å². The summed E-state index contributed by atoms with van der Waals surface area (Å²) >= 11 is 1.83. The highest BCUT2D eigenvalue weighted by Crippen LogP contribution is 2.24. The molecule has 1 aromatic rings. The molecular weight excluding hydrogens is 244 g/mol. The van der Waals surface area contributed by atoms with Gasteiger partial charge in [-0.2, -0.15) is 0 Å². The molecule has 1 N–H and O–H groups in total. The van der Waals surface area contributed by atoms with Crippen LogP contribution in [0.3, 0.4) is 0 Å². The van der Waals surface area contributed by atoms with Crippen molar-refractivity contribution in [2.75, 3.05) is 12.3 Å². The van der Waals surface area contributed by atoms with E-state index in [1.165, 1.54) is 10.5 Å². The van der Waals surface area contributed by atoms with Crippen molar-refractivity contribution in [3.05, 3.63) is 29.8 Å². The molecule has 1 fully saturated rings. The third-order valence-electron chi connectivity index (χ3n) is 3.15. The van der Waals surface area contributed by atoms with Gasteiger partial charge in [-0.3, -0.25) is 0 Å². The topological polar surface area (TPSA) is 32.3 Å². The molecule has 1 unspecified atom stereocenters. The van der Waals surface area contributed by atoms with Crippen LogP contribution in [-0.2, 0) is 0 Å². The normalized spacial score (nSPS) is 19.4. The van der Waals surface area contributed by atoms with E-state index in [9.17, 15) is 4.79 Å². The average molecular weight is 264 g/mol. The van der Waals surface area contributed by atoms with Crippen LogP contribution >= 0.6 is 11.8 Å². The maximum absolute atomic E-state index is 11.8. The number of hydrogen-bond acceptors (Lipinski definition) is 2. The molecule has 1 atom stereocenters. The lowest BCUT2D eigenvalue weighted by atomic mass is 10.1. The van der Waals surface area contributed by atoms with Crippen LogP contribution in [0.5, 0.6) is 0 Å². The summed E-state index contributed by atoms with van der Waals surface area (Å²) in [6.07, 6.45) is 0. The molecule has 4 heteroatoms. The van der Waals surface area contributed by atoms with Crippen molar-refractivity contribution < 1.29 is 4.79 Å². The summed E-state index contributed by atoms with van der Waals surface area (Å²) in [5, 5.41) is 3.03. The number of rotatable bonds is 4. The van der Waals surface area contributed by atoms with Crippen molar-refractivity contribution >= 4 is 17.8 Å². The predicted octanol–water partition coefficient (Wildman–Crippen LogP) is 3.27. The number of carbonyl (C=O) groups is 1. The van der Waals surface area contributed by atoms with Gasteiger partial charge < -0.3 is 10.2 Å². The van der Waals surface area contributed by atoms with Gasteiger partial charge in [0.1, 0.15) is 0 Å². The van der Waals surface area contributed by atoms with E-state index >= 15 is 0 Å². The number of nitrogens with one attached hydrogen (secondary N) is 1. The molecule has 1 aromatic carbocycles. The van der Waals surface area contributed by atoms with Crippen LogP contribution in [-0.4, -0.2) is 29.3 Å². The summed E-state index contributed by atoms with van der Waals surface area (Å²) in [7, 11) is 0. The number of nitrogens with zero attached hydrogens (tertiary/aromatic N) is 1. The van der Waals surface area contributed by atoms with Gasteiger partial charge in [0.2, 0.25) is 0 Å². The van der Waals surface area contributed by atoms with E-state index in [4.69, 9.17) is 0 Å². The molecule has 0 spiro atoms. The van der Waals surface area contributed by atoms with E-state index in [0.717, 1.165) is 12.3 Å². The standard InChI is InChI=1S/C14H20N2OS/c1-4-18-12-7-5-11(6-8-12)13-9-16(10(2)3)14(17)15-13/h5-8,10,13H,4,9H2,1-3H3,(H,15,17). The molecule has 98 valence electrons. The average Bonchev–Trinajstić information content (AvgIpc) is 2.73. The minimum absolute atomic E-state index is 0.0435. The van der Waals surface area contributed by atoms with Crippen LogP contribution in [0.15, 0.2) is 29.2 Å². The summed E-state index contributed by atoms with van der Waals surface area (Å²) < 4.78 is 0. The Bertz CT molecular complexity index is 416. The zero-order valence-electron chi connectivity index (χ0n) is 11.1. The number of thioether (sulfide) groups is 1. The Morgan fingerprint density at radius 2 is 2.06 bits per heavy atom. The van der Waals surface area contributed by atoms with Gasteiger partial charge in [0.25, 0.3) is 0 Å². The van der Waals surface area contributed by atoms with E-state index in [0.29, 0.717) is 0 Å². The minimum Gasteiger partial charge on any atom is -0.329 e. The van der Waals surface area contributed by atoms with E-state index in [1.807, 2.05) is 30.5 Å². The maximum Gasteiger partial charge on any atom is 0.318 e. The van der Waals surface area contributed by atoms with Crippen LogP contribution in [0.25, 0.3) is 0 Å². The molecule has 1 aliphatic heterocycles. The number of hydrogen-bond donors (Lipinski definition) is 1. The van der Waals surface area contributed by atoms with Gasteiger partial charge in [-0.05, 0) is 37.3 Å². The molecule has 0 aliphatic carbocycles. The summed E-state index contributed by atoms with van der Waals surface area (Å²) in [5.41, 5.74) is 1.19. The number of carbonyl (C=O) groups excluding carboxylic acids is 1. The van der Waals surface area contributed by atoms with Gasteiger partial charge >= 0.3 is 6.03 Å². The Morgan fingerprint density at radius 1 is 1.39 bits per heavy atom.